The largest absolute Gasteiger partial charge is 0.512 e. The first kappa shape index (κ1) is 10.2. The zero-order valence-corrected chi connectivity index (χ0v) is 7.14. The maximum atomic E-state index is 10.3. The van der Waals surface area contributed by atoms with Gasteiger partial charge in [-0.2, -0.15) is 0 Å². The number of rotatable bonds is 6. The molecule has 0 fully saturated rings. The minimum Gasteiger partial charge on any atom is -0.0431 e. The number of carbonyl (C=O) groups excluding carboxylic acids is 2. The van der Waals surface area contributed by atoms with Crippen LogP contribution in [0, 0.1) is 5.41 Å². The normalized spacial score (nSPS) is 10.4. The number of unbranched alkanes of at least 4 members (excludes halogenated alkanes) is 2. The summed E-state index contributed by atoms with van der Waals surface area (Å²) in [5, 5.41) is 0. The summed E-state index contributed by atoms with van der Waals surface area (Å²) in [4.78, 5) is 20.1. The van der Waals surface area contributed by atoms with E-state index in [1.165, 1.54) is 0 Å². The fourth-order valence-corrected chi connectivity index (χ4v) is 0.815. The molecule has 0 aromatic heterocycles. The second-order valence-corrected chi connectivity index (χ2v) is 3.34. The Morgan fingerprint density at radius 2 is 1.82 bits per heavy atom. The summed E-state index contributed by atoms with van der Waals surface area (Å²) in [5.41, 5.74) is -0.344. The molecule has 2 nitrogen and oxygen atoms in total. The molecule has 0 aromatic rings. The predicted molar refractivity (Wildman–Crippen MR) is 43.6 cm³/mol. The minimum atomic E-state index is -0.344. The molecule has 60 valence electrons. The first-order valence-corrected chi connectivity index (χ1v) is 3.87. The van der Waals surface area contributed by atoms with E-state index in [0.29, 0.717) is 6.42 Å². The SMILES string of the molecule is CC(C)([C+]=O)CCCC[C+]=O. The van der Waals surface area contributed by atoms with Crippen molar-refractivity contribution in [1.29, 1.82) is 0 Å². The molecule has 0 N–H and O–H groups in total. The molecule has 0 unspecified atom stereocenters. The molecule has 0 rings (SSSR count). The van der Waals surface area contributed by atoms with E-state index in [0.717, 1.165) is 19.3 Å². The predicted octanol–water partition coefficient (Wildman–Crippen LogP) is 1.79. The summed E-state index contributed by atoms with van der Waals surface area (Å²) >= 11 is 0. The standard InChI is InChI=1S/C9H14O2/c1-9(2,8-11)6-4-3-5-7-10/h3-6H2,1-2H3/q+2. The Morgan fingerprint density at radius 3 is 2.27 bits per heavy atom. The Morgan fingerprint density at radius 1 is 1.18 bits per heavy atom. The topological polar surface area (TPSA) is 34.1 Å². The van der Waals surface area contributed by atoms with Gasteiger partial charge in [-0.1, -0.05) is 0 Å². The highest BCUT2D eigenvalue weighted by atomic mass is 16.1. The van der Waals surface area contributed by atoms with Crippen LogP contribution in [0.2, 0.25) is 0 Å². The van der Waals surface area contributed by atoms with Gasteiger partial charge < -0.3 is 0 Å². The maximum absolute atomic E-state index is 10.3. The Hall–Kier alpha value is -0.840. The number of hydrogen-bond donors (Lipinski definition) is 0. The maximum Gasteiger partial charge on any atom is 0.512 e. The van der Waals surface area contributed by atoms with Crippen LogP contribution < -0.4 is 0 Å². The van der Waals surface area contributed by atoms with E-state index in [9.17, 15) is 9.59 Å². The first-order valence-electron chi connectivity index (χ1n) is 3.87. The molecule has 0 aliphatic rings. The highest BCUT2D eigenvalue weighted by Crippen LogP contribution is 2.19. The summed E-state index contributed by atoms with van der Waals surface area (Å²) in [5.74, 6) is 0. The van der Waals surface area contributed by atoms with Gasteiger partial charge in [0.1, 0.15) is 0 Å². The van der Waals surface area contributed by atoms with E-state index in [4.69, 9.17) is 0 Å². The van der Waals surface area contributed by atoms with Crippen molar-refractivity contribution in [2.24, 2.45) is 5.41 Å². The molecule has 0 saturated heterocycles. The van der Waals surface area contributed by atoms with Crippen LogP contribution in [0.25, 0.3) is 0 Å². The van der Waals surface area contributed by atoms with Crippen molar-refractivity contribution in [1.82, 2.24) is 0 Å². The lowest BCUT2D eigenvalue weighted by Crippen LogP contribution is -2.12. The van der Waals surface area contributed by atoms with Gasteiger partial charge >= 0.3 is 12.6 Å². The molecule has 2 heteroatoms. The van der Waals surface area contributed by atoms with E-state index in [2.05, 4.69) is 0 Å². The Kier molecular flexibility index (Phi) is 4.52. The Bertz CT molecular complexity index is 128. The molecule has 11 heavy (non-hydrogen) atoms. The van der Waals surface area contributed by atoms with Gasteiger partial charge in [-0.05, 0) is 20.3 Å². The zero-order chi connectivity index (χ0) is 8.74. The van der Waals surface area contributed by atoms with E-state index < -0.39 is 0 Å². The monoisotopic (exact) mass is 154 g/mol. The van der Waals surface area contributed by atoms with E-state index in [1.807, 2.05) is 26.4 Å². The van der Waals surface area contributed by atoms with Gasteiger partial charge in [0.25, 0.3) is 0 Å². The highest BCUT2D eigenvalue weighted by Gasteiger charge is 2.31. The lowest BCUT2D eigenvalue weighted by Gasteiger charge is -2.01. The molecule has 0 saturated carbocycles. The lowest BCUT2D eigenvalue weighted by atomic mass is 9.89. The van der Waals surface area contributed by atoms with Gasteiger partial charge in [0.2, 0.25) is 11.8 Å². The van der Waals surface area contributed by atoms with Crippen LogP contribution in [0.5, 0.6) is 0 Å². The quantitative estimate of drug-likeness (QED) is 0.431. The van der Waals surface area contributed by atoms with Crippen molar-refractivity contribution in [2.75, 3.05) is 0 Å². The zero-order valence-electron chi connectivity index (χ0n) is 7.14. The van der Waals surface area contributed by atoms with Crippen LogP contribution in [0.3, 0.4) is 0 Å². The van der Waals surface area contributed by atoms with Crippen molar-refractivity contribution in [3.05, 3.63) is 0 Å². The second-order valence-electron chi connectivity index (χ2n) is 3.34. The van der Waals surface area contributed by atoms with Gasteiger partial charge in [-0.15, -0.1) is 0 Å². The van der Waals surface area contributed by atoms with Gasteiger partial charge in [-0.3, -0.25) is 0 Å². The minimum absolute atomic E-state index is 0.344. The first-order chi connectivity index (χ1) is 5.12. The molecular weight excluding hydrogens is 140 g/mol. The van der Waals surface area contributed by atoms with Crippen LogP contribution in [0.1, 0.15) is 39.5 Å². The summed E-state index contributed by atoms with van der Waals surface area (Å²) in [6, 6.07) is 0. The molecular formula is C9H14O2+2. The van der Waals surface area contributed by atoms with Crippen LogP contribution in [0.4, 0.5) is 0 Å². The van der Waals surface area contributed by atoms with Crippen LogP contribution in [-0.2, 0) is 9.59 Å². The van der Waals surface area contributed by atoms with E-state index in [1.54, 1.807) is 0 Å². The molecule has 0 aliphatic heterocycles. The van der Waals surface area contributed by atoms with E-state index >= 15 is 0 Å². The molecule has 0 atom stereocenters. The highest BCUT2D eigenvalue weighted by molar-refractivity contribution is 5.58. The molecule has 0 bridgehead atoms. The smallest absolute Gasteiger partial charge is 0.0431 e. The molecule has 0 heterocycles. The molecule has 0 aromatic carbocycles. The Labute approximate surface area is 68.0 Å². The summed E-state index contributed by atoms with van der Waals surface area (Å²) < 4.78 is 0. The molecule has 0 spiro atoms. The lowest BCUT2D eigenvalue weighted by molar-refractivity contribution is 0.408. The van der Waals surface area contributed by atoms with Crippen molar-refractivity contribution in [2.45, 2.75) is 39.5 Å². The molecule has 0 radical (unpaired) electrons. The summed E-state index contributed by atoms with van der Waals surface area (Å²) in [6.45, 7) is 3.70. The third-order valence-corrected chi connectivity index (χ3v) is 1.61. The number of hydrogen-bond acceptors (Lipinski definition) is 2. The average Bonchev–Trinajstić information content (AvgIpc) is 1.99. The van der Waals surface area contributed by atoms with E-state index in [-0.39, 0.29) is 5.41 Å². The van der Waals surface area contributed by atoms with Crippen LogP contribution >= 0.6 is 0 Å². The second kappa shape index (κ2) is 4.90. The van der Waals surface area contributed by atoms with Crippen molar-refractivity contribution in [3.63, 3.8) is 0 Å². The van der Waals surface area contributed by atoms with Crippen LogP contribution in [0.15, 0.2) is 0 Å². The third kappa shape index (κ3) is 5.60. The van der Waals surface area contributed by atoms with Crippen LogP contribution in [-0.4, -0.2) is 12.6 Å². The summed E-state index contributed by atoms with van der Waals surface area (Å²) in [7, 11) is 0. The van der Waals surface area contributed by atoms with Crippen molar-refractivity contribution < 1.29 is 9.59 Å². The summed E-state index contributed by atoms with van der Waals surface area (Å²) in [6.07, 6.45) is 6.81. The van der Waals surface area contributed by atoms with Gasteiger partial charge in [0.05, 0.1) is 0 Å². The fourth-order valence-electron chi connectivity index (χ4n) is 0.815. The van der Waals surface area contributed by atoms with Gasteiger partial charge in [0, 0.05) is 22.4 Å². The van der Waals surface area contributed by atoms with Gasteiger partial charge in [-0.25, -0.2) is 0 Å². The van der Waals surface area contributed by atoms with Crippen molar-refractivity contribution >= 4 is 12.6 Å². The van der Waals surface area contributed by atoms with Gasteiger partial charge in [0.15, 0.2) is 0 Å². The van der Waals surface area contributed by atoms with Crippen molar-refractivity contribution in [3.8, 4) is 0 Å². The third-order valence-electron chi connectivity index (χ3n) is 1.61. The Balaban J connectivity index is 3.37. The fraction of sp³-hybridized carbons (Fsp3) is 0.778. The average molecular weight is 154 g/mol. The molecule has 0 aliphatic carbocycles. The molecule has 0 amide bonds.